The van der Waals surface area contributed by atoms with Crippen LogP contribution in [0.15, 0.2) is 0 Å². The summed E-state index contributed by atoms with van der Waals surface area (Å²) in [7, 11) is 0. The molecule has 4 atom stereocenters. The monoisotopic (exact) mass is 590 g/mol. The van der Waals surface area contributed by atoms with Crippen LogP contribution in [0.5, 0.6) is 0 Å². The van der Waals surface area contributed by atoms with Crippen LogP contribution in [0.2, 0.25) is 0 Å². The number of hydrogen-bond donors (Lipinski definition) is 1. The number of imide groups is 4. The van der Waals surface area contributed by atoms with Gasteiger partial charge in [-0.3, -0.25) is 58.0 Å². The minimum Gasteiger partial charge on any atom is -0.395 e. The van der Waals surface area contributed by atoms with E-state index in [1.807, 2.05) is 6.92 Å². The van der Waals surface area contributed by atoms with E-state index in [1.54, 1.807) is 48.5 Å². The van der Waals surface area contributed by atoms with Crippen LogP contribution in [0.25, 0.3) is 0 Å². The number of aliphatic hydroxyl groups excluding tert-OH is 1. The summed E-state index contributed by atoms with van der Waals surface area (Å²) >= 11 is 0. The van der Waals surface area contributed by atoms with E-state index >= 15 is 0 Å². The lowest BCUT2D eigenvalue weighted by Crippen LogP contribution is -2.46. The number of nitrogens with zero attached hydrogens (tertiary/aromatic N) is 4. The number of likely N-dealkylation sites (tertiary alicyclic amines) is 4. The third-order valence-electron chi connectivity index (χ3n) is 9.93. The first-order valence-corrected chi connectivity index (χ1v) is 14.1. The van der Waals surface area contributed by atoms with Crippen molar-refractivity contribution in [3.05, 3.63) is 0 Å². The highest BCUT2D eigenvalue weighted by atomic mass is 16.3. The van der Waals surface area contributed by atoms with E-state index in [9.17, 15) is 43.5 Å². The van der Waals surface area contributed by atoms with Crippen LogP contribution in [0, 0.1) is 33.5 Å². The molecule has 232 valence electrons. The van der Waals surface area contributed by atoms with E-state index in [2.05, 4.69) is 0 Å². The summed E-state index contributed by atoms with van der Waals surface area (Å²) in [6, 6.07) is 0. The molecule has 4 unspecified atom stereocenters. The molecule has 0 radical (unpaired) electrons. The minimum absolute atomic E-state index is 0.0931. The fourth-order valence-corrected chi connectivity index (χ4v) is 5.48. The smallest absolute Gasteiger partial charge is 0.239 e. The Labute approximate surface area is 245 Å². The van der Waals surface area contributed by atoms with Crippen LogP contribution < -0.4 is 0 Å². The summed E-state index contributed by atoms with van der Waals surface area (Å²) in [6.45, 7) is 14.2. The first-order chi connectivity index (χ1) is 19.1. The molecule has 1 N–H and O–H groups in total. The number of carbonyl (C=O) groups is 8. The van der Waals surface area contributed by atoms with E-state index in [0.717, 1.165) is 19.6 Å². The molecule has 4 rings (SSSR count). The summed E-state index contributed by atoms with van der Waals surface area (Å²) < 4.78 is 0. The van der Waals surface area contributed by atoms with Crippen molar-refractivity contribution >= 4 is 47.3 Å². The minimum atomic E-state index is -1.16. The average Bonchev–Trinajstić information content (AvgIpc) is 3.40. The van der Waals surface area contributed by atoms with Crippen molar-refractivity contribution in [2.75, 3.05) is 19.9 Å². The average molecular weight is 591 g/mol. The number of carbonyl (C=O) groups excluding carboxylic acids is 8. The molecule has 0 aliphatic carbocycles. The number of hydrogen-bond acceptors (Lipinski definition) is 9. The quantitative estimate of drug-likeness (QED) is 0.441. The zero-order valence-corrected chi connectivity index (χ0v) is 25.9. The lowest BCUT2D eigenvalue weighted by Gasteiger charge is -2.25. The molecule has 0 saturated carbocycles. The lowest BCUT2D eigenvalue weighted by atomic mass is 9.82. The Bertz CT molecular complexity index is 1180. The van der Waals surface area contributed by atoms with Crippen LogP contribution >= 0.6 is 0 Å². The first-order valence-electron chi connectivity index (χ1n) is 14.1. The highest BCUT2D eigenvalue weighted by Crippen LogP contribution is 2.41. The molecule has 0 aromatic rings. The van der Waals surface area contributed by atoms with Crippen molar-refractivity contribution in [3.8, 4) is 0 Å². The molecule has 42 heavy (non-hydrogen) atoms. The molecule has 4 fully saturated rings. The molecule has 0 aromatic carbocycles. The maximum Gasteiger partial charge on any atom is 0.239 e. The summed E-state index contributed by atoms with van der Waals surface area (Å²) in [5.41, 5.74) is -3.52. The zero-order valence-electron chi connectivity index (χ0n) is 25.9. The molecule has 0 spiro atoms. The largest absolute Gasteiger partial charge is 0.395 e. The van der Waals surface area contributed by atoms with Crippen LogP contribution in [-0.4, -0.2) is 91.9 Å². The molecule has 13 nitrogen and oxygen atoms in total. The molecular weight excluding hydrogens is 548 g/mol. The van der Waals surface area contributed by atoms with Crippen LogP contribution in [0.3, 0.4) is 0 Å². The first kappa shape index (κ1) is 33.0. The fourth-order valence-electron chi connectivity index (χ4n) is 5.48. The summed E-state index contributed by atoms with van der Waals surface area (Å²) in [5.74, 6) is -3.98. The molecule has 4 aliphatic heterocycles. The van der Waals surface area contributed by atoms with E-state index in [0.29, 0.717) is 6.42 Å². The Balaban J connectivity index is 0.000000230. The Morgan fingerprint density at radius 2 is 0.929 bits per heavy atom. The topological polar surface area (TPSA) is 170 Å². The predicted molar refractivity (Wildman–Crippen MR) is 146 cm³/mol. The van der Waals surface area contributed by atoms with Gasteiger partial charge in [0.25, 0.3) is 0 Å². The fraction of sp³-hybridized carbons (Fsp3) is 0.724. The molecule has 8 amide bonds. The Kier molecular flexibility index (Phi) is 8.38. The highest BCUT2D eigenvalue weighted by Gasteiger charge is 2.56. The summed E-state index contributed by atoms with van der Waals surface area (Å²) in [6.07, 6.45) is 0.504. The molecule has 0 aromatic heterocycles. The van der Waals surface area contributed by atoms with Gasteiger partial charge in [0, 0.05) is 24.7 Å². The number of amides is 8. The van der Waals surface area contributed by atoms with Crippen molar-refractivity contribution in [1.82, 2.24) is 19.6 Å². The van der Waals surface area contributed by atoms with Gasteiger partial charge in [0.1, 0.15) is 13.3 Å². The van der Waals surface area contributed by atoms with Gasteiger partial charge in [-0.2, -0.15) is 0 Å². The normalized spacial score (nSPS) is 32.5. The Morgan fingerprint density at radius 1 is 0.595 bits per heavy atom. The second kappa shape index (κ2) is 10.7. The van der Waals surface area contributed by atoms with E-state index in [1.165, 1.54) is 6.92 Å². The second-order valence-electron chi connectivity index (χ2n) is 13.6. The summed E-state index contributed by atoms with van der Waals surface area (Å²) in [5, 5.41) is 9.27. The molecule has 4 heterocycles. The Hall–Kier alpha value is -3.48. The molecular formula is C29H42N4O9. The van der Waals surface area contributed by atoms with E-state index in [4.69, 9.17) is 0 Å². The Morgan fingerprint density at radius 3 is 1.19 bits per heavy atom. The van der Waals surface area contributed by atoms with Crippen molar-refractivity contribution in [2.24, 2.45) is 33.5 Å². The summed E-state index contributed by atoms with van der Waals surface area (Å²) in [4.78, 5) is 102. The molecule has 13 heteroatoms. The van der Waals surface area contributed by atoms with Gasteiger partial charge in [-0.25, -0.2) is 0 Å². The maximum atomic E-state index is 12.3. The van der Waals surface area contributed by atoms with Crippen molar-refractivity contribution < 1.29 is 43.5 Å². The van der Waals surface area contributed by atoms with Gasteiger partial charge in [-0.05, 0) is 13.3 Å². The van der Waals surface area contributed by atoms with E-state index < -0.39 is 51.9 Å². The maximum absolute atomic E-state index is 12.3. The molecule has 4 saturated heterocycles. The third kappa shape index (κ3) is 4.95. The zero-order chi connectivity index (χ0) is 32.3. The van der Waals surface area contributed by atoms with Crippen LogP contribution in [0.4, 0.5) is 0 Å². The lowest BCUT2D eigenvalue weighted by molar-refractivity contribution is -0.153. The SMILES string of the molecule is CC1C(=O)N(CN2C(=O)C(C)C(C)(C)C2=O)C(=O)C1(C)C.CCC1(C)CC(=O)N(CN2C(=O)CC(C)(CO)C2=O)C1=O. The van der Waals surface area contributed by atoms with E-state index in [-0.39, 0.29) is 61.6 Å². The van der Waals surface area contributed by atoms with Gasteiger partial charge in [0.2, 0.25) is 47.3 Å². The predicted octanol–water partition coefficient (Wildman–Crippen LogP) is 0.883. The number of rotatable bonds is 6. The van der Waals surface area contributed by atoms with Crippen LogP contribution in [0.1, 0.15) is 81.6 Å². The highest BCUT2D eigenvalue weighted by molar-refractivity contribution is 6.10. The van der Waals surface area contributed by atoms with Crippen molar-refractivity contribution in [3.63, 3.8) is 0 Å². The van der Waals surface area contributed by atoms with Crippen molar-refractivity contribution in [2.45, 2.75) is 81.6 Å². The molecule has 4 aliphatic rings. The van der Waals surface area contributed by atoms with Crippen molar-refractivity contribution in [1.29, 1.82) is 0 Å². The van der Waals surface area contributed by atoms with Gasteiger partial charge in [-0.1, -0.05) is 55.4 Å². The van der Waals surface area contributed by atoms with Gasteiger partial charge in [0.05, 0.1) is 28.3 Å². The van der Waals surface area contributed by atoms with Gasteiger partial charge < -0.3 is 5.11 Å². The van der Waals surface area contributed by atoms with Gasteiger partial charge in [0.15, 0.2) is 0 Å². The van der Waals surface area contributed by atoms with Gasteiger partial charge in [-0.15, -0.1) is 0 Å². The van der Waals surface area contributed by atoms with Crippen LogP contribution in [-0.2, 0) is 38.4 Å². The standard InChI is InChI=1S/C15H22N2O4.C14H20N2O5/c1-8-10(18)16(12(20)14(8,3)4)7-17-11(19)9(2)15(5,6)13(17)21;1-4-13(2)5-9(18)15(11(13)20)8-16-10(19)6-14(3,7-17)12(16)21/h8-9H,7H2,1-6H3;17H,4-8H2,1-3H3. The number of aliphatic hydroxyl groups is 1. The third-order valence-corrected chi connectivity index (χ3v) is 9.93. The second-order valence-corrected chi connectivity index (χ2v) is 13.6. The van der Waals surface area contributed by atoms with Gasteiger partial charge >= 0.3 is 0 Å². The molecule has 0 bridgehead atoms.